The molecule has 0 bridgehead atoms. The molecule has 0 aromatic heterocycles. The van der Waals surface area contributed by atoms with Gasteiger partial charge in [-0.1, -0.05) is 29.8 Å². The van der Waals surface area contributed by atoms with Gasteiger partial charge in [-0.2, -0.15) is 0 Å². The quantitative estimate of drug-likeness (QED) is 0.532. The van der Waals surface area contributed by atoms with Crippen LogP contribution in [0.3, 0.4) is 0 Å². The van der Waals surface area contributed by atoms with E-state index in [0.29, 0.717) is 17.9 Å². The number of carbonyl (C=O) groups excluding carboxylic acids is 1. The average molecular weight is 464 g/mol. The Hall–Kier alpha value is -2.09. The molecular weight excluding hydrogens is 438 g/mol. The summed E-state index contributed by atoms with van der Waals surface area (Å²) in [5, 5.41) is 3.51. The lowest BCUT2D eigenvalue weighted by molar-refractivity contribution is -0.137. The SMILES string of the molecule is COc1ccc(S(=O)(=O)C2(C(=O)Oc3ccccc3)CCC3(CCNCC3)C2)cc1Cl. The lowest BCUT2D eigenvalue weighted by Gasteiger charge is -2.36. The number of halogens is 1. The lowest BCUT2D eigenvalue weighted by atomic mass is 9.77. The molecule has 8 heteroatoms. The summed E-state index contributed by atoms with van der Waals surface area (Å²) >= 11 is 6.23. The average Bonchev–Trinajstić information content (AvgIpc) is 3.15. The van der Waals surface area contributed by atoms with Gasteiger partial charge in [0.2, 0.25) is 0 Å². The second kappa shape index (κ2) is 8.45. The first-order chi connectivity index (χ1) is 14.8. The Morgan fingerprint density at radius 1 is 1.03 bits per heavy atom. The van der Waals surface area contributed by atoms with Gasteiger partial charge in [0.05, 0.1) is 17.0 Å². The van der Waals surface area contributed by atoms with E-state index in [9.17, 15) is 13.2 Å². The van der Waals surface area contributed by atoms with Crippen molar-refractivity contribution in [2.24, 2.45) is 5.41 Å². The van der Waals surface area contributed by atoms with Crippen molar-refractivity contribution in [3.05, 3.63) is 53.6 Å². The number of benzene rings is 2. The summed E-state index contributed by atoms with van der Waals surface area (Å²) in [5.41, 5.74) is -0.190. The zero-order valence-electron chi connectivity index (χ0n) is 17.4. The summed E-state index contributed by atoms with van der Waals surface area (Å²) in [6.45, 7) is 1.64. The van der Waals surface area contributed by atoms with E-state index in [1.165, 1.54) is 25.3 Å². The third kappa shape index (κ3) is 3.95. The number of methoxy groups -OCH3 is 1. The van der Waals surface area contributed by atoms with Crippen LogP contribution in [-0.2, 0) is 14.6 Å². The van der Waals surface area contributed by atoms with E-state index in [4.69, 9.17) is 21.1 Å². The number of para-hydroxylation sites is 1. The van der Waals surface area contributed by atoms with Crippen LogP contribution in [0.25, 0.3) is 0 Å². The fourth-order valence-corrected chi connectivity index (χ4v) is 7.30. The Balaban J connectivity index is 1.77. The van der Waals surface area contributed by atoms with Crippen LogP contribution >= 0.6 is 11.6 Å². The second-order valence-corrected chi connectivity index (χ2v) is 11.1. The zero-order valence-corrected chi connectivity index (χ0v) is 19.0. The molecule has 1 spiro atoms. The monoisotopic (exact) mass is 463 g/mol. The van der Waals surface area contributed by atoms with Crippen molar-refractivity contribution in [1.82, 2.24) is 5.32 Å². The van der Waals surface area contributed by atoms with Crippen molar-refractivity contribution in [3.8, 4) is 11.5 Å². The number of piperidine rings is 1. The van der Waals surface area contributed by atoms with Crippen molar-refractivity contribution in [3.63, 3.8) is 0 Å². The molecule has 1 heterocycles. The van der Waals surface area contributed by atoms with E-state index < -0.39 is 20.6 Å². The van der Waals surface area contributed by atoms with Crippen molar-refractivity contribution in [2.75, 3.05) is 20.2 Å². The maximum absolute atomic E-state index is 13.9. The first-order valence-electron chi connectivity index (χ1n) is 10.4. The van der Waals surface area contributed by atoms with Gasteiger partial charge < -0.3 is 14.8 Å². The first-order valence-corrected chi connectivity index (χ1v) is 12.2. The second-order valence-electron chi connectivity index (χ2n) is 8.42. The number of carbonyl (C=O) groups is 1. The molecule has 2 fully saturated rings. The van der Waals surface area contributed by atoms with Crippen LogP contribution in [0.5, 0.6) is 11.5 Å². The third-order valence-electron chi connectivity index (χ3n) is 6.66. The number of rotatable bonds is 5. The molecule has 1 unspecified atom stereocenters. The predicted octanol–water partition coefficient (Wildman–Crippen LogP) is 4.02. The fourth-order valence-electron chi connectivity index (χ4n) is 4.88. The zero-order chi connectivity index (χ0) is 22.1. The van der Waals surface area contributed by atoms with Crippen molar-refractivity contribution in [2.45, 2.75) is 41.7 Å². The first kappa shape index (κ1) is 22.1. The van der Waals surface area contributed by atoms with Gasteiger partial charge in [0.1, 0.15) is 11.5 Å². The Labute approximate surface area is 187 Å². The molecule has 2 aliphatic rings. The Morgan fingerprint density at radius 3 is 2.39 bits per heavy atom. The molecule has 4 rings (SSSR count). The topological polar surface area (TPSA) is 81.7 Å². The van der Waals surface area contributed by atoms with Crippen LogP contribution in [0.4, 0.5) is 0 Å². The number of ether oxygens (including phenoxy) is 2. The van der Waals surface area contributed by atoms with Gasteiger partial charge >= 0.3 is 5.97 Å². The highest BCUT2D eigenvalue weighted by atomic mass is 35.5. The minimum absolute atomic E-state index is 0.00861. The predicted molar refractivity (Wildman–Crippen MR) is 118 cm³/mol. The van der Waals surface area contributed by atoms with E-state index >= 15 is 0 Å². The van der Waals surface area contributed by atoms with Crippen molar-refractivity contribution in [1.29, 1.82) is 0 Å². The molecule has 166 valence electrons. The number of sulfone groups is 1. The summed E-state index contributed by atoms with van der Waals surface area (Å²) in [4.78, 5) is 13.5. The summed E-state index contributed by atoms with van der Waals surface area (Å²) in [6.07, 6.45) is 2.82. The van der Waals surface area contributed by atoms with Crippen LogP contribution in [-0.4, -0.2) is 39.3 Å². The highest BCUT2D eigenvalue weighted by Gasteiger charge is 2.61. The van der Waals surface area contributed by atoms with Gasteiger partial charge in [-0.05, 0) is 80.9 Å². The molecule has 1 aliphatic heterocycles. The summed E-state index contributed by atoms with van der Waals surface area (Å²) in [6, 6.07) is 12.9. The molecule has 2 aromatic carbocycles. The molecule has 31 heavy (non-hydrogen) atoms. The van der Waals surface area contributed by atoms with E-state index in [2.05, 4.69) is 5.32 Å². The van der Waals surface area contributed by atoms with Crippen molar-refractivity contribution >= 4 is 27.4 Å². The van der Waals surface area contributed by atoms with Crippen LogP contribution < -0.4 is 14.8 Å². The minimum atomic E-state index is -4.08. The number of hydrogen-bond donors (Lipinski definition) is 1. The highest BCUT2D eigenvalue weighted by Crippen LogP contribution is 2.54. The van der Waals surface area contributed by atoms with Crippen molar-refractivity contribution < 1.29 is 22.7 Å². The van der Waals surface area contributed by atoms with Gasteiger partial charge in [-0.15, -0.1) is 0 Å². The van der Waals surface area contributed by atoms with Gasteiger partial charge in [-0.3, -0.25) is 0 Å². The smallest absolute Gasteiger partial charge is 0.333 e. The van der Waals surface area contributed by atoms with E-state index in [1.54, 1.807) is 24.3 Å². The lowest BCUT2D eigenvalue weighted by Crippen LogP contribution is -2.48. The Bertz CT molecular complexity index is 1070. The maximum Gasteiger partial charge on any atom is 0.333 e. The van der Waals surface area contributed by atoms with Gasteiger partial charge in [-0.25, -0.2) is 13.2 Å². The highest BCUT2D eigenvalue weighted by molar-refractivity contribution is 7.93. The van der Waals surface area contributed by atoms with Crippen LogP contribution in [0.1, 0.15) is 32.1 Å². The third-order valence-corrected chi connectivity index (χ3v) is 9.37. The minimum Gasteiger partial charge on any atom is -0.495 e. The van der Waals surface area contributed by atoms with Crippen LogP contribution in [0, 0.1) is 5.41 Å². The van der Waals surface area contributed by atoms with Gasteiger partial charge in [0.15, 0.2) is 14.6 Å². The van der Waals surface area contributed by atoms with E-state index in [-0.39, 0.29) is 28.2 Å². The largest absolute Gasteiger partial charge is 0.495 e. The van der Waals surface area contributed by atoms with E-state index in [1.807, 2.05) is 6.07 Å². The summed E-state index contributed by atoms with van der Waals surface area (Å²) < 4.78 is 37.0. The maximum atomic E-state index is 13.9. The van der Waals surface area contributed by atoms with Crippen LogP contribution in [0.15, 0.2) is 53.4 Å². The molecule has 6 nitrogen and oxygen atoms in total. The number of nitrogens with one attached hydrogen (secondary N) is 1. The molecule has 0 amide bonds. The Morgan fingerprint density at radius 2 is 1.74 bits per heavy atom. The van der Waals surface area contributed by atoms with Gasteiger partial charge in [0.25, 0.3) is 0 Å². The standard InChI is InChI=1S/C23H26ClNO5S/c1-29-20-8-7-18(15-19(20)24)31(27,28)23(21(26)30-17-5-3-2-4-6-17)10-9-22(16-23)11-13-25-14-12-22/h2-8,15,25H,9-14,16H2,1H3. The summed E-state index contributed by atoms with van der Waals surface area (Å²) in [5.74, 6) is -0.00933. The molecule has 2 aromatic rings. The molecule has 0 radical (unpaired) electrons. The molecule has 1 saturated carbocycles. The normalized spacial score (nSPS) is 22.9. The van der Waals surface area contributed by atoms with Gasteiger partial charge in [0, 0.05) is 0 Å². The van der Waals surface area contributed by atoms with E-state index in [0.717, 1.165) is 25.9 Å². The molecule has 1 atom stereocenters. The number of esters is 1. The molecule has 1 N–H and O–H groups in total. The Kier molecular flexibility index (Phi) is 6.03. The van der Waals surface area contributed by atoms with Crippen LogP contribution in [0.2, 0.25) is 5.02 Å². The molecule has 1 aliphatic carbocycles. The molecule has 1 saturated heterocycles. The fraction of sp³-hybridized carbons (Fsp3) is 0.435. The molecular formula is C23H26ClNO5S. The summed E-state index contributed by atoms with van der Waals surface area (Å²) in [7, 11) is -2.61. The number of hydrogen-bond acceptors (Lipinski definition) is 6.